The number of Topliss-reactive ketones (excluding diaryl/α,β-unsaturated/α-hetero) is 1. The van der Waals surface area contributed by atoms with Gasteiger partial charge in [-0.3, -0.25) is 24.2 Å². The van der Waals surface area contributed by atoms with Crippen molar-refractivity contribution in [3.63, 3.8) is 0 Å². The van der Waals surface area contributed by atoms with E-state index in [2.05, 4.69) is 48.3 Å². The van der Waals surface area contributed by atoms with Crippen molar-refractivity contribution in [2.45, 2.75) is 117 Å². The molecule has 48 heavy (non-hydrogen) atoms. The number of unbranched alkanes of at least 4 members (excludes halogenated alkanes) is 1. The molecule has 1 amide bonds. The van der Waals surface area contributed by atoms with Gasteiger partial charge in [-0.15, -0.1) is 5.10 Å². The molecule has 1 aliphatic rings. The van der Waals surface area contributed by atoms with Gasteiger partial charge in [-0.2, -0.15) is 0 Å². The lowest BCUT2D eigenvalue weighted by Gasteiger charge is -2.41. The first-order chi connectivity index (χ1) is 22.6. The number of aryl methyl sites for hydroxylation is 1. The largest absolute Gasteiger partial charge is 0.481 e. The molecule has 0 unspecified atom stereocenters. The third-order valence-corrected chi connectivity index (χ3v) is 10.5. The molecule has 3 rings (SSSR count). The molecule has 0 spiro atoms. The maximum Gasteiger partial charge on any atom is 0.410 e. The van der Waals surface area contributed by atoms with Crippen LogP contribution in [-0.4, -0.2) is 99.2 Å². The molecule has 1 fully saturated rings. The molecule has 0 aromatic carbocycles. The summed E-state index contributed by atoms with van der Waals surface area (Å²) >= 11 is 0. The van der Waals surface area contributed by atoms with Crippen LogP contribution in [0.4, 0.5) is 4.79 Å². The number of cyclic esters (lactones) is 1. The second-order valence-electron chi connectivity index (χ2n) is 14.1. The topological polar surface area (TPSA) is 149 Å². The number of aliphatic carboxylic acids is 1. The number of nitrogens with one attached hydrogen (secondary N) is 1. The van der Waals surface area contributed by atoms with Crippen molar-refractivity contribution < 1.29 is 29.0 Å². The van der Waals surface area contributed by atoms with Crippen LogP contribution in [0.25, 0.3) is 11.4 Å². The minimum atomic E-state index is -1.16. The third kappa shape index (κ3) is 9.02. The smallest absolute Gasteiger partial charge is 0.410 e. The molecule has 1 saturated heterocycles. The normalized spacial score (nSPS) is 23.1. The van der Waals surface area contributed by atoms with Crippen LogP contribution >= 0.6 is 0 Å². The number of carbonyl (C=O) groups is 3. The van der Waals surface area contributed by atoms with Gasteiger partial charge in [0, 0.05) is 38.4 Å². The first kappa shape index (κ1) is 39.1. The molecule has 0 saturated carbocycles. The molecule has 2 aromatic rings. The number of hydrogen-bond acceptors (Lipinski definition) is 9. The summed E-state index contributed by atoms with van der Waals surface area (Å²) in [5, 5.41) is 21.5. The highest BCUT2D eigenvalue weighted by molar-refractivity contribution is 6.15. The molecule has 2 aromatic heterocycles. The fourth-order valence-corrected chi connectivity index (χ4v) is 6.96. The van der Waals surface area contributed by atoms with Gasteiger partial charge in [-0.25, -0.2) is 4.79 Å². The van der Waals surface area contributed by atoms with Gasteiger partial charge in [0.15, 0.2) is 0 Å². The van der Waals surface area contributed by atoms with Gasteiger partial charge in [0.05, 0.1) is 31.4 Å². The summed E-state index contributed by atoms with van der Waals surface area (Å²) in [6, 6.07) is 5.40. The molecule has 0 bridgehead atoms. The maximum absolute atomic E-state index is 13.3. The Labute approximate surface area is 287 Å². The Morgan fingerprint density at radius 2 is 1.85 bits per heavy atom. The lowest BCUT2D eigenvalue weighted by Crippen LogP contribution is -2.58. The number of ether oxygens (including phenoxy) is 2. The highest BCUT2D eigenvalue weighted by Crippen LogP contribution is 2.40. The predicted molar refractivity (Wildman–Crippen MR) is 184 cm³/mol. The second kappa shape index (κ2) is 16.9. The second-order valence-corrected chi connectivity index (χ2v) is 14.1. The average molecular weight is 667 g/mol. The number of nitrogens with zero attached hydrogens (tertiary/aromatic N) is 5. The summed E-state index contributed by atoms with van der Waals surface area (Å²) < 4.78 is 13.8. The maximum atomic E-state index is 13.3. The number of carboxylic acids is 1. The van der Waals surface area contributed by atoms with Crippen molar-refractivity contribution in [2.24, 2.45) is 23.7 Å². The molecule has 3 heterocycles. The van der Waals surface area contributed by atoms with Gasteiger partial charge in [-0.1, -0.05) is 39.0 Å². The van der Waals surface area contributed by atoms with Gasteiger partial charge in [0.25, 0.3) is 0 Å². The van der Waals surface area contributed by atoms with E-state index < -0.39 is 40.6 Å². The molecule has 0 aliphatic carbocycles. The minimum absolute atomic E-state index is 0.0858. The molecule has 2 radical (unpaired) electrons. The molecule has 1 aliphatic heterocycles. The standard InChI is InChI=1S/C35H55BN6O6/c1-10-23(3)35(8)31(26(6)38-20-22(2)19-34(7,47-9)30(36)24(4)29(43)25(5)32(44)45)42(33(46)48-35)18-14-13-17-41-21-28(39-40-41)27-15-11-12-16-37-27/h11-12,15-16,21-26,30-31,38H,10,13-14,17-20H2,1-9H3,(H,44,45)/t22-,23-,24+,25-,26-,30-,31-,34-,35-/m1/s1. The molecular weight excluding hydrogens is 611 g/mol. The van der Waals surface area contributed by atoms with E-state index >= 15 is 0 Å². The Morgan fingerprint density at radius 1 is 1.17 bits per heavy atom. The zero-order valence-electron chi connectivity index (χ0n) is 30.2. The van der Waals surface area contributed by atoms with Crippen LogP contribution in [0.1, 0.15) is 81.1 Å². The van der Waals surface area contributed by atoms with E-state index in [0.29, 0.717) is 26.1 Å². The number of methoxy groups -OCH3 is 1. The first-order valence-corrected chi connectivity index (χ1v) is 17.2. The van der Waals surface area contributed by atoms with Crippen molar-refractivity contribution in [1.29, 1.82) is 0 Å². The number of ketones is 1. The van der Waals surface area contributed by atoms with Crippen LogP contribution in [0, 0.1) is 23.7 Å². The summed E-state index contributed by atoms with van der Waals surface area (Å²) in [5.41, 5.74) is -0.0356. The Kier molecular flexibility index (Phi) is 13.8. The summed E-state index contributed by atoms with van der Waals surface area (Å²) in [6.45, 7) is 17.2. The Balaban J connectivity index is 1.63. The molecule has 9 atom stereocenters. The van der Waals surface area contributed by atoms with E-state index in [1.807, 2.05) is 47.8 Å². The number of carbonyl (C=O) groups excluding carboxylic acids is 2. The van der Waals surface area contributed by atoms with Crippen LogP contribution in [0.2, 0.25) is 5.82 Å². The Hall–Kier alpha value is -3.32. The molecule has 13 heteroatoms. The Bertz CT molecular complexity index is 1360. The molecular formula is C35H55BN6O6. The van der Waals surface area contributed by atoms with Crippen molar-refractivity contribution in [1.82, 2.24) is 30.2 Å². The number of hydrogen-bond donors (Lipinski definition) is 2. The molecule has 264 valence electrons. The van der Waals surface area contributed by atoms with Crippen molar-refractivity contribution in [3.05, 3.63) is 30.6 Å². The molecule has 2 N–H and O–H groups in total. The van der Waals surface area contributed by atoms with Crippen LogP contribution in [0.5, 0.6) is 0 Å². The van der Waals surface area contributed by atoms with E-state index in [9.17, 15) is 19.5 Å². The van der Waals surface area contributed by atoms with E-state index in [1.165, 1.54) is 6.92 Å². The van der Waals surface area contributed by atoms with Gasteiger partial charge in [-0.05, 0) is 89.7 Å². The zero-order valence-corrected chi connectivity index (χ0v) is 30.2. The molecule has 12 nitrogen and oxygen atoms in total. The minimum Gasteiger partial charge on any atom is -0.481 e. The highest BCUT2D eigenvalue weighted by Gasteiger charge is 2.55. The number of aromatic nitrogens is 4. The van der Waals surface area contributed by atoms with Crippen molar-refractivity contribution in [3.8, 4) is 11.4 Å². The summed E-state index contributed by atoms with van der Waals surface area (Å²) in [4.78, 5) is 43.7. The fraction of sp³-hybridized carbons (Fsp3) is 0.714. The van der Waals surface area contributed by atoms with Gasteiger partial charge >= 0.3 is 12.1 Å². The van der Waals surface area contributed by atoms with Gasteiger partial charge in [0.1, 0.15) is 23.0 Å². The van der Waals surface area contributed by atoms with E-state index in [1.54, 1.807) is 20.2 Å². The summed E-state index contributed by atoms with van der Waals surface area (Å²) in [7, 11) is 8.13. The lowest BCUT2D eigenvalue weighted by molar-refractivity contribution is -0.147. The van der Waals surface area contributed by atoms with E-state index in [-0.39, 0.29) is 30.0 Å². The van der Waals surface area contributed by atoms with Crippen LogP contribution in [0.15, 0.2) is 30.6 Å². The van der Waals surface area contributed by atoms with Crippen LogP contribution < -0.4 is 5.32 Å². The van der Waals surface area contributed by atoms with Crippen molar-refractivity contribution in [2.75, 3.05) is 20.2 Å². The van der Waals surface area contributed by atoms with Crippen molar-refractivity contribution >= 4 is 25.7 Å². The van der Waals surface area contributed by atoms with E-state index in [4.69, 9.17) is 17.3 Å². The summed E-state index contributed by atoms with van der Waals surface area (Å²) in [6.07, 6.45) is 6.30. The summed E-state index contributed by atoms with van der Waals surface area (Å²) in [5.74, 6) is -3.88. The fourth-order valence-electron chi connectivity index (χ4n) is 6.96. The monoisotopic (exact) mass is 666 g/mol. The van der Waals surface area contributed by atoms with Gasteiger partial charge < -0.3 is 19.9 Å². The van der Waals surface area contributed by atoms with E-state index in [0.717, 1.165) is 30.7 Å². The zero-order chi connectivity index (χ0) is 35.8. The van der Waals surface area contributed by atoms with Crippen LogP contribution in [-0.2, 0) is 25.6 Å². The number of carboxylic acid groups (broad SMARTS) is 1. The third-order valence-electron chi connectivity index (χ3n) is 10.5. The first-order valence-electron chi connectivity index (χ1n) is 17.2. The Morgan fingerprint density at radius 3 is 2.46 bits per heavy atom. The van der Waals surface area contributed by atoms with Crippen LogP contribution in [0.3, 0.4) is 0 Å². The predicted octanol–water partition coefficient (Wildman–Crippen LogP) is 5.04. The quantitative estimate of drug-likeness (QED) is 0.112. The number of amides is 1. The number of pyridine rings is 1. The SMILES string of the molecule is [B][C@H]([C@@H](C)C(=O)[C@@H](C)C(=O)O)[C@@](C)(C[C@@H](C)CN[C@H](C)[C@H]1N(CCCCn2cc(-c3ccccn3)nn2)C(=O)O[C@]1(C)[C@H](C)CC)OC. The van der Waals surface area contributed by atoms with Gasteiger partial charge in [0.2, 0.25) is 0 Å². The average Bonchev–Trinajstić information content (AvgIpc) is 3.65. The lowest BCUT2D eigenvalue weighted by atomic mass is 9.62. The highest BCUT2D eigenvalue weighted by atomic mass is 16.6. The number of rotatable bonds is 20.